The molecule has 104 valence electrons. The molecule has 0 radical (unpaired) electrons. The fourth-order valence-electron chi connectivity index (χ4n) is 1.40. The van der Waals surface area contributed by atoms with Gasteiger partial charge >= 0.3 is 0 Å². The molecule has 0 aliphatic heterocycles. The van der Waals surface area contributed by atoms with Gasteiger partial charge in [-0.25, -0.2) is 0 Å². The molecule has 2 amide bonds. The zero-order valence-electron chi connectivity index (χ0n) is 11.0. The maximum Gasteiger partial charge on any atom is 0.253 e. The Kier molecular flexibility index (Phi) is 6.31. The number of carbonyl (C=O) groups excluding carboxylic acids is 2. The zero-order valence-corrected chi connectivity index (χ0v) is 11.0. The highest BCUT2D eigenvalue weighted by Crippen LogP contribution is 2.11. The van der Waals surface area contributed by atoms with Gasteiger partial charge in [0.1, 0.15) is 0 Å². The Morgan fingerprint density at radius 3 is 2.84 bits per heavy atom. The van der Waals surface area contributed by atoms with Crippen molar-refractivity contribution in [2.75, 3.05) is 39.2 Å². The first-order valence-electron chi connectivity index (χ1n) is 5.84. The summed E-state index contributed by atoms with van der Waals surface area (Å²) in [5.74, 6) is -0.584. The summed E-state index contributed by atoms with van der Waals surface area (Å²) in [5.41, 5.74) is 1.06. The normalized spacial score (nSPS) is 9.79. The van der Waals surface area contributed by atoms with E-state index in [-0.39, 0.29) is 18.4 Å². The molecule has 1 heterocycles. The third-order valence-corrected chi connectivity index (χ3v) is 2.37. The standard InChI is InChI=1S/C12H18N4O3/c1-13-10-7-14-4-3-9(10)12(18)16-8-11(17)15-5-6-19-2/h3-4,7,13H,5-6,8H2,1-2H3,(H,15,17)(H,16,18). The molecule has 7 heteroatoms. The van der Waals surface area contributed by atoms with Crippen LogP contribution in [0, 0.1) is 0 Å². The lowest BCUT2D eigenvalue weighted by atomic mass is 10.2. The fourth-order valence-corrected chi connectivity index (χ4v) is 1.40. The first-order chi connectivity index (χ1) is 9.19. The number of nitrogens with zero attached hydrogens (tertiary/aromatic N) is 1. The van der Waals surface area contributed by atoms with Gasteiger partial charge in [-0.15, -0.1) is 0 Å². The summed E-state index contributed by atoms with van der Waals surface area (Å²) in [7, 11) is 3.25. The molecule has 0 unspecified atom stereocenters. The second kappa shape index (κ2) is 8.04. The van der Waals surface area contributed by atoms with Gasteiger partial charge in [0.05, 0.1) is 30.6 Å². The van der Waals surface area contributed by atoms with Crippen LogP contribution in [0.15, 0.2) is 18.5 Å². The van der Waals surface area contributed by atoms with Crippen molar-refractivity contribution in [3.63, 3.8) is 0 Å². The molecule has 0 aromatic carbocycles. The molecule has 19 heavy (non-hydrogen) atoms. The Balaban J connectivity index is 2.44. The van der Waals surface area contributed by atoms with Crippen molar-refractivity contribution in [3.8, 4) is 0 Å². The zero-order chi connectivity index (χ0) is 14.1. The largest absolute Gasteiger partial charge is 0.386 e. The van der Waals surface area contributed by atoms with E-state index in [9.17, 15) is 9.59 Å². The average Bonchev–Trinajstić information content (AvgIpc) is 2.45. The molecule has 0 saturated carbocycles. The third-order valence-electron chi connectivity index (χ3n) is 2.37. The second-order valence-corrected chi connectivity index (χ2v) is 3.70. The summed E-state index contributed by atoms with van der Waals surface area (Å²) in [5, 5.41) is 8.02. The maximum atomic E-state index is 11.9. The lowest BCUT2D eigenvalue weighted by Crippen LogP contribution is -2.38. The van der Waals surface area contributed by atoms with E-state index < -0.39 is 0 Å². The van der Waals surface area contributed by atoms with Crippen LogP contribution in [0.25, 0.3) is 0 Å². The molecule has 0 aliphatic carbocycles. The number of hydrogen-bond donors (Lipinski definition) is 3. The minimum atomic E-state index is -0.325. The van der Waals surface area contributed by atoms with Crippen LogP contribution >= 0.6 is 0 Å². The van der Waals surface area contributed by atoms with Gasteiger partial charge in [-0.3, -0.25) is 14.6 Å². The fraction of sp³-hybridized carbons (Fsp3) is 0.417. The van der Waals surface area contributed by atoms with E-state index >= 15 is 0 Å². The van der Waals surface area contributed by atoms with Crippen molar-refractivity contribution >= 4 is 17.5 Å². The van der Waals surface area contributed by atoms with Crippen LogP contribution in [0.5, 0.6) is 0 Å². The number of anilines is 1. The van der Waals surface area contributed by atoms with Crippen molar-refractivity contribution in [1.82, 2.24) is 15.6 Å². The Morgan fingerprint density at radius 2 is 2.16 bits per heavy atom. The lowest BCUT2D eigenvalue weighted by Gasteiger charge is -2.09. The number of methoxy groups -OCH3 is 1. The molecule has 3 N–H and O–H groups in total. The van der Waals surface area contributed by atoms with Crippen molar-refractivity contribution in [3.05, 3.63) is 24.0 Å². The first-order valence-corrected chi connectivity index (χ1v) is 5.84. The van der Waals surface area contributed by atoms with E-state index in [1.165, 1.54) is 6.20 Å². The average molecular weight is 266 g/mol. The van der Waals surface area contributed by atoms with Crippen molar-refractivity contribution in [1.29, 1.82) is 0 Å². The van der Waals surface area contributed by atoms with Gasteiger partial charge in [-0.05, 0) is 6.07 Å². The van der Waals surface area contributed by atoms with Crippen LogP contribution in [0.2, 0.25) is 0 Å². The highest BCUT2D eigenvalue weighted by molar-refractivity contribution is 6.00. The van der Waals surface area contributed by atoms with Crippen LogP contribution in [0.3, 0.4) is 0 Å². The molecule has 0 saturated heterocycles. The molecule has 0 fully saturated rings. The Labute approximate surface area is 111 Å². The SMILES string of the molecule is CNc1cnccc1C(=O)NCC(=O)NCCOC. The van der Waals surface area contributed by atoms with E-state index in [4.69, 9.17) is 4.74 Å². The summed E-state index contributed by atoms with van der Waals surface area (Å²) in [6, 6.07) is 1.59. The molecular weight excluding hydrogens is 248 g/mol. The van der Waals surface area contributed by atoms with E-state index in [1.54, 1.807) is 26.4 Å². The summed E-state index contributed by atoms with van der Waals surface area (Å²) < 4.78 is 4.80. The van der Waals surface area contributed by atoms with Gasteiger partial charge in [0.25, 0.3) is 5.91 Å². The van der Waals surface area contributed by atoms with E-state index in [1.807, 2.05) is 0 Å². The first kappa shape index (κ1) is 14.9. The predicted molar refractivity (Wildman–Crippen MR) is 71.0 cm³/mol. The minimum absolute atomic E-state index is 0.0754. The quantitative estimate of drug-likeness (QED) is 0.585. The van der Waals surface area contributed by atoms with Crippen molar-refractivity contribution in [2.45, 2.75) is 0 Å². The van der Waals surface area contributed by atoms with Crippen LogP contribution in [-0.4, -0.2) is 50.7 Å². The summed E-state index contributed by atoms with van der Waals surface area (Å²) in [6.45, 7) is 0.782. The number of ether oxygens (including phenoxy) is 1. The third kappa shape index (κ3) is 4.92. The smallest absolute Gasteiger partial charge is 0.253 e. The molecule has 1 aromatic rings. The van der Waals surface area contributed by atoms with Gasteiger partial charge in [0.2, 0.25) is 5.91 Å². The highest BCUT2D eigenvalue weighted by Gasteiger charge is 2.11. The van der Waals surface area contributed by atoms with Crippen LogP contribution in [0.1, 0.15) is 10.4 Å². The summed E-state index contributed by atoms with van der Waals surface area (Å²) >= 11 is 0. The Hall–Kier alpha value is -2.15. The number of pyridine rings is 1. The number of aromatic nitrogens is 1. The molecule has 7 nitrogen and oxygen atoms in total. The maximum absolute atomic E-state index is 11.9. The number of carbonyl (C=O) groups is 2. The van der Waals surface area contributed by atoms with Crippen molar-refractivity contribution < 1.29 is 14.3 Å². The van der Waals surface area contributed by atoms with Crippen LogP contribution in [-0.2, 0) is 9.53 Å². The number of hydrogen-bond acceptors (Lipinski definition) is 5. The van der Waals surface area contributed by atoms with E-state index in [0.29, 0.717) is 24.4 Å². The van der Waals surface area contributed by atoms with Gasteiger partial charge in [0.15, 0.2) is 0 Å². The van der Waals surface area contributed by atoms with Gasteiger partial charge in [0, 0.05) is 26.9 Å². The van der Waals surface area contributed by atoms with Crippen molar-refractivity contribution in [2.24, 2.45) is 0 Å². The lowest BCUT2D eigenvalue weighted by molar-refractivity contribution is -0.120. The molecule has 0 spiro atoms. The molecule has 0 bridgehead atoms. The highest BCUT2D eigenvalue weighted by atomic mass is 16.5. The van der Waals surface area contributed by atoms with Gasteiger partial charge < -0.3 is 20.7 Å². The molecule has 1 rings (SSSR count). The second-order valence-electron chi connectivity index (χ2n) is 3.70. The summed E-state index contributed by atoms with van der Waals surface area (Å²) in [4.78, 5) is 27.2. The van der Waals surface area contributed by atoms with Crippen LogP contribution in [0.4, 0.5) is 5.69 Å². The number of rotatable bonds is 7. The topological polar surface area (TPSA) is 92.4 Å². The molecule has 0 atom stereocenters. The number of amides is 2. The summed E-state index contributed by atoms with van der Waals surface area (Å²) in [6.07, 6.45) is 3.07. The Bertz CT molecular complexity index is 437. The monoisotopic (exact) mass is 266 g/mol. The van der Waals surface area contributed by atoms with E-state index in [0.717, 1.165) is 0 Å². The van der Waals surface area contributed by atoms with E-state index in [2.05, 4.69) is 20.9 Å². The molecular formula is C12H18N4O3. The van der Waals surface area contributed by atoms with Crippen LogP contribution < -0.4 is 16.0 Å². The molecule has 0 aliphatic rings. The van der Waals surface area contributed by atoms with Gasteiger partial charge in [-0.2, -0.15) is 0 Å². The Morgan fingerprint density at radius 1 is 1.37 bits per heavy atom. The van der Waals surface area contributed by atoms with Gasteiger partial charge in [-0.1, -0.05) is 0 Å². The number of nitrogens with one attached hydrogen (secondary N) is 3. The predicted octanol–water partition coefficient (Wildman–Crippen LogP) is -0.384. The minimum Gasteiger partial charge on any atom is -0.386 e. The molecule has 1 aromatic heterocycles.